The van der Waals surface area contributed by atoms with Crippen molar-refractivity contribution in [3.8, 4) is 0 Å². The van der Waals surface area contributed by atoms with Crippen molar-refractivity contribution in [3.63, 3.8) is 0 Å². The molecule has 0 aromatic rings. The standard InChI is InChI=1S/C57H105NO12/c1-4-7-10-13-14-15-16-17-18-19-20-21-22-25-31-39-55(62)68-47-51(49-70-57(64)65-44-33-41-58(42-43-59)52-35-27-26-28-36-52)48-69-56(63)40-32-34-50(45-66-53(60)37-29-23-11-8-5-2)46-67-54(61)38-30-24-12-9-6-3/h50-52,59H,4-49H2,1-3H3. The Morgan fingerprint density at radius 3 is 1.17 bits per heavy atom. The summed E-state index contributed by atoms with van der Waals surface area (Å²) in [5.41, 5.74) is 0. The predicted molar refractivity (Wildman–Crippen MR) is 278 cm³/mol. The molecule has 1 rings (SSSR count). The molecule has 13 nitrogen and oxygen atoms in total. The van der Waals surface area contributed by atoms with E-state index in [1.807, 2.05) is 0 Å². The first kappa shape index (κ1) is 65.1. The number of aliphatic hydroxyl groups excluding tert-OH is 1. The molecule has 0 aromatic heterocycles. The Bertz CT molecular complexity index is 1230. The van der Waals surface area contributed by atoms with Gasteiger partial charge in [-0.25, -0.2) is 4.79 Å². The molecule has 0 saturated heterocycles. The van der Waals surface area contributed by atoms with E-state index in [1.54, 1.807) is 0 Å². The fraction of sp³-hybridized carbons (Fsp3) is 0.912. The van der Waals surface area contributed by atoms with Crippen LogP contribution in [0.15, 0.2) is 0 Å². The molecule has 1 aliphatic carbocycles. The van der Waals surface area contributed by atoms with Crippen molar-refractivity contribution < 1.29 is 57.5 Å². The van der Waals surface area contributed by atoms with Crippen LogP contribution in [0.3, 0.4) is 0 Å². The number of esters is 4. The number of rotatable bonds is 49. The zero-order chi connectivity index (χ0) is 51.0. The Balaban J connectivity index is 2.63. The van der Waals surface area contributed by atoms with Crippen molar-refractivity contribution in [1.29, 1.82) is 0 Å². The van der Waals surface area contributed by atoms with E-state index in [1.165, 1.54) is 96.3 Å². The lowest BCUT2D eigenvalue weighted by atomic mass is 9.94. The molecular formula is C57H105NO12. The zero-order valence-electron chi connectivity index (χ0n) is 45.1. The van der Waals surface area contributed by atoms with Gasteiger partial charge in [-0.15, -0.1) is 0 Å². The predicted octanol–water partition coefficient (Wildman–Crippen LogP) is 13.7. The molecule has 13 heteroatoms. The van der Waals surface area contributed by atoms with Crippen molar-refractivity contribution in [2.75, 3.05) is 59.3 Å². The molecule has 1 aliphatic rings. The number of nitrogens with zero attached hydrogens (tertiary/aromatic N) is 1. The fourth-order valence-corrected chi connectivity index (χ4v) is 9.11. The molecule has 0 aliphatic heterocycles. The van der Waals surface area contributed by atoms with Crippen LogP contribution in [0, 0.1) is 11.8 Å². The second kappa shape index (κ2) is 48.3. The molecule has 0 bridgehead atoms. The summed E-state index contributed by atoms with van der Waals surface area (Å²) in [5.74, 6) is -2.19. The number of carbonyl (C=O) groups excluding carboxylic acids is 5. The second-order valence-corrected chi connectivity index (χ2v) is 20.2. The summed E-state index contributed by atoms with van der Waals surface area (Å²) in [7, 11) is 0. The largest absolute Gasteiger partial charge is 0.508 e. The first-order valence-electron chi connectivity index (χ1n) is 29.0. The summed E-state index contributed by atoms with van der Waals surface area (Å²) in [6.07, 6.45) is 36.5. The van der Waals surface area contributed by atoms with E-state index in [2.05, 4.69) is 25.7 Å². The number of aliphatic hydroxyl groups is 1. The third-order valence-electron chi connectivity index (χ3n) is 13.6. The Labute approximate surface area is 426 Å². The number of carbonyl (C=O) groups is 5. The van der Waals surface area contributed by atoms with Gasteiger partial charge in [-0.05, 0) is 51.4 Å². The summed E-state index contributed by atoms with van der Waals surface area (Å²) in [5, 5.41) is 9.60. The van der Waals surface area contributed by atoms with Crippen molar-refractivity contribution >= 4 is 30.0 Å². The molecule has 1 N–H and O–H groups in total. The maximum Gasteiger partial charge on any atom is 0.508 e. The summed E-state index contributed by atoms with van der Waals surface area (Å²) in [6, 6.07) is 0.443. The molecule has 0 amide bonds. The van der Waals surface area contributed by atoms with Gasteiger partial charge in [-0.1, -0.05) is 181 Å². The molecule has 410 valence electrons. The van der Waals surface area contributed by atoms with Gasteiger partial charge >= 0.3 is 30.0 Å². The van der Waals surface area contributed by atoms with Crippen molar-refractivity contribution in [2.45, 2.75) is 264 Å². The highest BCUT2D eigenvalue weighted by Gasteiger charge is 2.22. The molecule has 1 unspecified atom stereocenters. The van der Waals surface area contributed by atoms with Gasteiger partial charge in [0, 0.05) is 50.7 Å². The molecule has 1 atom stereocenters. The van der Waals surface area contributed by atoms with Crippen LogP contribution < -0.4 is 0 Å². The average molecular weight is 996 g/mol. The minimum Gasteiger partial charge on any atom is -0.465 e. The first-order valence-corrected chi connectivity index (χ1v) is 29.0. The van der Waals surface area contributed by atoms with E-state index in [0.29, 0.717) is 57.7 Å². The topological polar surface area (TPSA) is 164 Å². The average Bonchev–Trinajstić information content (AvgIpc) is 3.36. The fourth-order valence-electron chi connectivity index (χ4n) is 9.11. The second-order valence-electron chi connectivity index (χ2n) is 20.2. The highest BCUT2D eigenvalue weighted by atomic mass is 16.7. The number of hydrogen-bond donors (Lipinski definition) is 1. The molecule has 0 spiro atoms. The van der Waals surface area contributed by atoms with Gasteiger partial charge in [0.1, 0.15) is 19.8 Å². The van der Waals surface area contributed by atoms with Gasteiger partial charge in [0.15, 0.2) is 0 Å². The van der Waals surface area contributed by atoms with E-state index in [0.717, 1.165) is 96.3 Å². The van der Waals surface area contributed by atoms with E-state index < -0.39 is 18.0 Å². The van der Waals surface area contributed by atoms with Crippen LogP contribution in [0.2, 0.25) is 0 Å². The van der Waals surface area contributed by atoms with Crippen LogP contribution in [-0.4, -0.2) is 105 Å². The lowest BCUT2D eigenvalue weighted by Crippen LogP contribution is -2.39. The van der Waals surface area contributed by atoms with Crippen LogP contribution in [0.5, 0.6) is 0 Å². The minimum absolute atomic E-state index is 0.0777. The van der Waals surface area contributed by atoms with Crippen LogP contribution in [0.4, 0.5) is 4.79 Å². The van der Waals surface area contributed by atoms with E-state index in [4.69, 9.17) is 28.4 Å². The smallest absolute Gasteiger partial charge is 0.465 e. The van der Waals surface area contributed by atoms with Crippen LogP contribution >= 0.6 is 0 Å². The van der Waals surface area contributed by atoms with Gasteiger partial charge in [-0.3, -0.25) is 24.1 Å². The van der Waals surface area contributed by atoms with Gasteiger partial charge in [-0.2, -0.15) is 0 Å². The van der Waals surface area contributed by atoms with Crippen LogP contribution in [0.1, 0.15) is 258 Å². The lowest BCUT2D eigenvalue weighted by molar-refractivity contribution is -0.152. The number of hydrogen-bond acceptors (Lipinski definition) is 13. The molecule has 70 heavy (non-hydrogen) atoms. The summed E-state index contributed by atoms with van der Waals surface area (Å²) < 4.78 is 33.3. The molecule has 1 saturated carbocycles. The highest BCUT2D eigenvalue weighted by molar-refractivity contribution is 5.70. The lowest BCUT2D eigenvalue weighted by Gasteiger charge is -2.33. The number of unbranched alkanes of at least 4 members (excludes halogenated alkanes) is 22. The van der Waals surface area contributed by atoms with Crippen molar-refractivity contribution in [3.05, 3.63) is 0 Å². The monoisotopic (exact) mass is 996 g/mol. The molecular weight excluding hydrogens is 891 g/mol. The van der Waals surface area contributed by atoms with E-state index in [9.17, 15) is 29.1 Å². The Hall–Kier alpha value is -2.93. The molecule has 0 radical (unpaired) electrons. The highest BCUT2D eigenvalue weighted by Crippen LogP contribution is 2.23. The van der Waals surface area contributed by atoms with E-state index >= 15 is 0 Å². The Kier molecular flexibility index (Phi) is 44.9. The minimum atomic E-state index is -0.840. The summed E-state index contributed by atoms with van der Waals surface area (Å²) in [4.78, 5) is 65.8. The van der Waals surface area contributed by atoms with Gasteiger partial charge < -0.3 is 33.5 Å². The third kappa shape index (κ3) is 40.6. The zero-order valence-corrected chi connectivity index (χ0v) is 45.1. The molecule has 1 fully saturated rings. The SMILES string of the molecule is CCCCCCCCCCCCCCCCCC(=O)OCC(COC(=O)CCCC(COC(=O)CCCCCCC)COC(=O)CCCCCCC)COC(=O)OCCCN(CCO)C1CCCCC1. The van der Waals surface area contributed by atoms with Crippen LogP contribution in [0.25, 0.3) is 0 Å². The van der Waals surface area contributed by atoms with Crippen molar-refractivity contribution in [1.82, 2.24) is 4.90 Å². The third-order valence-corrected chi connectivity index (χ3v) is 13.6. The number of ether oxygens (including phenoxy) is 6. The van der Waals surface area contributed by atoms with Gasteiger partial charge in [0.05, 0.1) is 32.3 Å². The maximum atomic E-state index is 13.0. The van der Waals surface area contributed by atoms with Gasteiger partial charge in [0.2, 0.25) is 0 Å². The summed E-state index contributed by atoms with van der Waals surface area (Å²) in [6.45, 7) is 7.97. The Morgan fingerprint density at radius 1 is 0.414 bits per heavy atom. The van der Waals surface area contributed by atoms with Gasteiger partial charge in [0.25, 0.3) is 0 Å². The molecule has 0 heterocycles. The first-order chi connectivity index (χ1) is 34.2. The molecule has 0 aromatic carbocycles. The van der Waals surface area contributed by atoms with Crippen molar-refractivity contribution in [2.24, 2.45) is 11.8 Å². The quantitative estimate of drug-likeness (QED) is 0.0348. The van der Waals surface area contributed by atoms with Crippen LogP contribution in [-0.2, 0) is 47.6 Å². The normalized spacial score (nSPS) is 13.3. The summed E-state index contributed by atoms with van der Waals surface area (Å²) >= 11 is 0. The maximum absolute atomic E-state index is 13.0. The Morgan fingerprint density at radius 2 is 0.771 bits per heavy atom. The van der Waals surface area contributed by atoms with E-state index in [-0.39, 0.29) is 76.5 Å².